The number of halogens is 1. The van der Waals surface area contributed by atoms with Crippen LogP contribution in [0, 0.1) is 5.92 Å². The molecule has 0 saturated heterocycles. The molecule has 1 aliphatic carbocycles. The summed E-state index contributed by atoms with van der Waals surface area (Å²) < 4.78 is 0. The molecule has 3 unspecified atom stereocenters. The summed E-state index contributed by atoms with van der Waals surface area (Å²) in [6.07, 6.45) is 12.9. The SMILES string of the molecule is N[NH+]1CC=CC2C=CC=CC21.[I-]. The summed E-state index contributed by atoms with van der Waals surface area (Å²) in [5.74, 6) is 6.39. The highest BCUT2D eigenvalue weighted by atomic mass is 127. The third kappa shape index (κ3) is 1.78. The van der Waals surface area contributed by atoms with Crippen molar-refractivity contribution in [2.45, 2.75) is 6.04 Å². The lowest BCUT2D eigenvalue weighted by Gasteiger charge is -2.29. The molecule has 0 spiro atoms. The van der Waals surface area contributed by atoms with Crippen molar-refractivity contribution < 1.29 is 29.0 Å². The summed E-state index contributed by atoms with van der Waals surface area (Å²) in [5, 5.41) is 1.10. The summed E-state index contributed by atoms with van der Waals surface area (Å²) in [4.78, 5) is 0. The summed E-state index contributed by atoms with van der Waals surface area (Å²) >= 11 is 0. The van der Waals surface area contributed by atoms with Gasteiger partial charge in [-0.25, -0.2) is 0 Å². The van der Waals surface area contributed by atoms with E-state index in [0.717, 1.165) is 11.6 Å². The van der Waals surface area contributed by atoms with E-state index in [9.17, 15) is 0 Å². The normalized spacial score (nSPS) is 37.2. The van der Waals surface area contributed by atoms with E-state index in [0.29, 0.717) is 12.0 Å². The van der Waals surface area contributed by atoms with Crippen molar-refractivity contribution in [1.82, 2.24) is 0 Å². The van der Waals surface area contributed by atoms with Gasteiger partial charge in [0.25, 0.3) is 0 Å². The Morgan fingerprint density at radius 3 is 2.67 bits per heavy atom. The molecule has 0 radical (unpaired) electrons. The zero-order valence-electron chi connectivity index (χ0n) is 6.78. The van der Waals surface area contributed by atoms with Crippen LogP contribution in [-0.4, -0.2) is 12.6 Å². The fourth-order valence-electron chi connectivity index (χ4n) is 1.68. The number of quaternary nitrogens is 1. The lowest BCUT2D eigenvalue weighted by atomic mass is 9.92. The van der Waals surface area contributed by atoms with E-state index in [-0.39, 0.29) is 24.0 Å². The van der Waals surface area contributed by atoms with Crippen LogP contribution in [0.5, 0.6) is 0 Å². The molecule has 3 heteroatoms. The fraction of sp³-hybridized carbons (Fsp3) is 0.333. The quantitative estimate of drug-likeness (QED) is 0.268. The van der Waals surface area contributed by atoms with Gasteiger partial charge in [-0.05, 0) is 12.2 Å². The maximum Gasteiger partial charge on any atom is 0.134 e. The Balaban J connectivity index is 0.000000720. The van der Waals surface area contributed by atoms with Crippen LogP contribution >= 0.6 is 0 Å². The second kappa shape index (κ2) is 4.20. The van der Waals surface area contributed by atoms with Crippen LogP contribution in [0.15, 0.2) is 36.5 Å². The van der Waals surface area contributed by atoms with Crippen molar-refractivity contribution in [2.24, 2.45) is 11.8 Å². The second-order valence-electron chi connectivity index (χ2n) is 3.08. The van der Waals surface area contributed by atoms with Gasteiger partial charge < -0.3 is 24.0 Å². The topological polar surface area (TPSA) is 30.5 Å². The third-order valence-corrected chi connectivity index (χ3v) is 2.32. The highest BCUT2D eigenvalue weighted by molar-refractivity contribution is 5.20. The van der Waals surface area contributed by atoms with Gasteiger partial charge in [0, 0.05) is 0 Å². The van der Waals surface area contributed by atoms with Gasteiger partial charge in [0.15, 0.2) is 0 Å². The number of allylic oxidation sites excluding steroid dienone is 2. The van der Waals surface area contributed by atoms with Gasteiger partial charge in [0.2, 0.25) is 0 Å². The van der Waals surface area contributed by atoms with Gasteiger partial charge in [-0.2, -0.15) is 5.84 Å². The Kier molecular flexibility index (Phi) is 3.49. The molecule has 0 aromatic rings. The minimum Gasteiger partial charge on any atom is -1.00 e. The van der Waals surface area contributed by atoms with Crippen LogP contribution in [0.25, 0.3) is 0 Å². The van der Waals surface area contributed by atoms with Gasteiger partial charge in [-0.1, -0.05) is 24.3 Å². The molecule has 0 fully saturated rings. The molecule has 0 saturated carbocycles. The maximum absolute atomic E-state index is 5.87. The van der Waals surface area contributed by atoms with E-state index < -0.39 is 0 Å². The highest BCUT2D eigenvalue weighted by Crippen LogP contribution is 2.13. The number of hydrogen-bond acceptors (Lipinski definition) is 1. The van der Waals surface area contributed by atoms with Gasteiger partial charge >= 0.3 is 0 Å². The van der Waals surface area contributed by atoms with E-state index in [1.165, 1.54) is 0 Å². The van der Waals surface area contributed by atoms with Crippen LogP contribution in [0.3, 0.4) is 0 Å². The molecule has 0 amide bonds. The first-order valence-corrected chi connectivity index (χ1v) is 4.01. The fourth-order valence-corrected chi connectivity index (χ4v) is 1.68. The summed E-state index contributed by atoms with van der Waals surface area (Å²) in [5.41, 5.74) is 0. The minimum atomic E-state index is 0. The molecular weight excluding hydrogens is 263 g/mol. The van der Waals surface area contributed by atoms with E-state index in [4.69, 9.17) is 5.84 Å². The average Bonchev–Trinajstić information content (AvgIpc) is 2.06. The molecule has 2 aliphatic rings. The first-order chi connectivity index (χ1) is 5.38. The minimum absolute atomic E-state index is 0. The molecule has 66 valence electrons. The number of nitrogens with one attached hydrogen (secondary N) is 1. The van der Waals surface area contributed by atoms with E-state index in [1.807, 2.05) is 0 Å². The number of fused-ring (bicyclic) bond motifs is 1. The van der Waals surface area contributed by atoms with E-state index in [1.54, 1.807) is 0 Å². The van der Waals surface area contributed by atoms with Crippen molar-refractivity contribution in [2.75, 3.05) is 6.54 Å². The first kappa shape index (κ1) is 9.95. The van der Waals surface area contributed by atoms with Crippen molar-refractivity contribution in [1.29, 1.82) is 0 Å². The van der Waals surface area contributed by atoms with Crippen molar-refractivity contribution in [3.8, 4) is 0 Å². The third-order valence-electron chi connectivity index (χ3n) is 2.32. The average molecular weight is 276 g/mol. The molecule has 2 rings (SSSR count). The van der Waals surface area contributed by atoms with Crippen LogP contribution in [0.1, 0.15) is 0 Å². The molecule has 1 aliphatic heterocycles. The highest BCUT2D eigenvalue weighted by Gasteiger charge is 2.26. The largest absolute Gasteiger partial charge is 1.00 e. The number of nitrogens with two attached hydrogens (primary N) is 1. The molecule has 12 heavy (non-hydrogen) atoms. The van der Waals surface area contributed by atoms with Gasteiger partial charge in [-0.15, -0.1) is 0 Å². The Morgan fingerprint density at radius 1 is 1.17 bits per heavy atom. The van der Waals surface area contributed by atoms with Gasteiger partial charge in [0.1, 0.15) is 12.6 Å². The van der Waals surface area contributed by atoms with Crippen LogP contribution in [0.2, 0.25) is 0 Å². The number of hydrogen-bond donors (Lipinski definition) is 2. The van der Waals surface area contributed by atoms with Crippen molar-refractivity contribution >= 4 is 0 Å². The Morgan fingerprint density at radius 2 is 1.92 bits per heavy atom. The molecule has 3 atom stereocenters. The molecule has 0 aromatic heterocycles. The van der Waals surface area contributed by atoms with Crippen LogP contribution < -0.4 is 34.8 Å². The zero-order chi connectivity index (χ0) is 7.68. The lowest BCUT2D eigenvalue weighted by Crippen LogP contribution is -3.22. The van der Waals surface area contributed by atoms with E-state index >= 15 is 0 Å². The summed E-state index contributed by atoms with van der Waals surface area (Å²) in [6.45, 7) is 0.944. The lowest BCUT2D eigenvalue weighted by molar-refractivity contribution is -0.929. The summed E-state index contributed by atoms with van der Waals surface area (Å²) in [7, 11) is 0. The predicted molar refractivity (Wildman–Crippen MR) is 44.7 cm³/mol. The maximum atomic E-state index is 5.87. The zero-order valence-corrected chi connectivity index (χ0v) is 8.94. The Labute approximate surface area is 89.8 Å². The molecule has 0 bridgehead atoms. The standard InChI is InChI=1S/C9H12N2.HI/c10-11-7-3-5-8-4-1-2-6-9(8)11;/h1-6,8-9H,7,10H2;1H. The van der Waals surface area contributed by atoms with E-state index in [2.05, 4.69) is 36.5 Å². The molecule has 3 N–H and O–H groups in total. The smallest absolute Gasteiger partial charge is 0.134 e. The Hall–Kier alpha value is -0.130. The van der Waals surface area contributed by atoms with Crippen molar-refractivity contribution in [3.63, 3.8) is 0 Å². The van der Waals surface area contributed by atoms with Gasteiger partial charge in [-0.3, -0.25) is 5.01 Å². The van der Waals surface area contributed by atoms with Gasteiger partial charge in [0.05, 0.1) is 5.92 Å². The first-order valence-electron chi connectivity index (χ1n) is 4.01. The van der Waals surface area contributed by atoms with Crippen molar-refractivity contribution in [3.05, 3.63) is 36.5 Å². The summed E-state index contributed by atoms with van der Waals surface area (Å²) in [6, 6.07) is 0.463. The molecule has 2 nitrogen and oxygen atoms in total. The molecule has 0 aromatic carbocycles. The Bertz CT molecular complexity index is 233. The number of rotatable bonds is 0. The molecular formula is C9H13IN2. The second-order valence-corrected chi connectivity index (χ2v) is 3.08. The van der Waals surface area contributed by atoms with Crippen LogP contribution in [0.4, 0.5) is 0 Å². The van der Waals surface area contributed by atoms with Crippen LogP contribution in [-0.2, 0) is 0 Å². The predicted octanol–water partition coefficient (Wildman–Crippen LogP) is -3.57. The monoisotopic (exact) mass is 276 g/mol. The molecule has 1 heterocycles.